The summed E-state index contributed by atoms with van der Waals surface area (Å²) in [7, 11) is 0. The maximum atomic E-state index is 3.73. The Bertz CT molecular complexity index is 250. The van der Waals surface area contributed by atoms with Gasteiger partial charge in [-0.15, -0.1) is 0 Å². The molecule has 1 saturated heterocycles. The molecule has 0 aliphatic carbocycles. The molecular weight excluding hydrogens is 232 g/mol. The molecule has 1 N–H and O–H groups in total. The van der Waals surface area contributed by atoms with Gasteiger partial charge in [0.1, 0.15) is 0 Å². The maximum absolute atomic E-state index is 3.73. The van der Waals surface area contributed by atoms with Crippen molar-refractivity contribution in [2.24, 2.45) is 5.41 Å². The van der Waals surface area contributed by atoms with Crippen molar-refractivity contribution in [3.8, 4) is 0 Å². The van der Waals surface area contributed by atoms with Gasteiger partial charge >= 0.3 is 0 Å². The van der Waals surface area contributed by atoms with Gasteiger partial charge in [0.15, 0.2) is 0 Å². The van der Waals surface area contributed by atoms with E-state index in [1.54, 1.807) is 0 Å². The summed E-state index contributed by atoms with van der Waals surface area (Å²) in [6, 6.07) is 0. The molecule has 0 aromatic heterocycles. The lowest BCUT2D eigenvalue weighted by molar-refractivity contribution is 0.142. The Hall–Kier alpha value is -0.0800. The van der Waals surface area contributed by atoms with E-state index in [2.05, 4.69) is 44.8 Å². The Balaban J connectivity index is 2.49. The normalized spacial score (nSPS) is 26.4. The highest BCUT2D eigenvalue weighted by molar-refractivity contribution is 4.89. The highest BCUT2D eigenvalue weighted by Gasteiger charge is 2.30. The predicted molar refractivity (Wildman–Crippen MR) is 85.7 cm³/mol. The Kier molecular flexibility index (Phi) is 6.82. The standard InChI is InChI=1S/C17H36N2/c1-6-8-9-11-16(3,4)14-19-13-10-12-18-17(5,7-2)15-19/h18H,6-15H2,1-5H3. The number of nitrogens with one attached hydrogen (secondary N) is 1. The fourth-order valence-electron chi connectivity index (χ4n) is 3.23. The van der Waals surface area contributed by atoms with Crippen molar-refractivity contribution in [3.63, 3.8) is 0 Å². The molecule has 1 atom stereocenters. The molecule has 1 aliphatic rings. The van der Waals surface area contributed by atoms with Crippen LogP contribution in [0.5, 0.6) is 0 Å². The minimum atomic E-state index is 0.315. The van der Waals surface area contributed by atoms with Crippen LogP contribution in [0.3, 0.4) is 0 Å². The van der Waals surface area contributed by atoms with Crippen LogP contribution in [-0.2, 0) is 0 Å². The molecule has 114 valence electrons. The maximum Gasteiger partial charge on any atom is 0.0277 e. The highest BCUT2D eigenvalue weighted by atomic mass is 15.2. The molecule has 1 heterocycles. The topological polar surface area (TPSA) is 15.3 Å². The van der Waals surface area contributed by atoms with Crippen LogP contribution >= 0.6 is 0 Å². The zero-order chi connectivity index (χ0) is 14.4. The van der Waals surface area contributed by atoms with Crippen molar-refractivity contribution in [1.29, 1.82) is 0 Å². The number of hydrogen-bond donors (Lipinski definition) is 1. The van der Waals surface area contributed by atoms with E-state index in [0.717, 1.165) is 0 Å². The summed E-state index contributed by atoms with van der Waals surface area (Å²) < 4.78 is 0. The molecule has 1 unspecified atom stereocenters. The number of rotatable bonds is 7. The van der Waals surface area contributed by atoms with Crippen LogP contribution in [0.15, 0.2) is 0 Å². The van der Waals surface area contributed by atoms with E-state index < -0.39 is 0 Å². The third kappa shape index (κ3) is 6.27. The van der Waals surface area contributed by atoms with Crippen LogP contribution < -0.4 is 5.32 Å². The molecule has 2 nitrogen and oxygen atoms in total. The van der Waals surface area contributed by atoms with Gasteiger partial charge in [0, 0.05) is 18.6 Å². The van der Waals surface area contributed by atoms with E-state index >= 15 is 0 Å². The first-order chi connectivity index (χ1) is 8.91. The Morgan fingerprint density at radius 3 is 2.58 bits per heavy atom. The molecule has 0 amide bonds. The van der Waals surface area contributed by atoms with E-state index in [9.17, 15) is 0 Å². The number of nitrogens with zero attached hydrogens (tertiary/aromatic N) is 1. The smallest absolute Gasteiger partial charge is 0.0277 e. The first kappa shape index (κ1) is 17.0. The summed E-state index contributed by atoms with van der Waals surface area (Å²) in [5.74, 6) is 0. The van der Waals surface area contributed by atoms with Crippen molar-refractivity contribution in [2.45, 2.75) is 78.7 Å². The molecule has 19 heavy (non-hydrogen) atoms. The average Bonchev–Trinajstić information content (AvgIpc) is 2.51. The fraction of sp³-hybridized carbons (Fsp3) is 1.00. The SMILES string of the molecule is CCCCCC(C)(C)CN1CCCNC(C)(CC)C1. The summed E-state index contributed by atoms with van der Waals surface area (Å²) in [5, 5.41) is 3.73. The van der Waals surface area contributed by atoms with Crippen molar-refractivity contribution in [3.05, 3.63) is 0 Å². The van der Waals surface area contributed by atoms with Gasteiger partial charge in [-0.25, -0.2) is 0 Å². The molecular formula is C17H36N2. The second kappa shape index (κ2) is 7.64. The lowest BCUT2D eigenvalue weighted by Crippen LogP contribution is -2.50. The lowest BCUT2D eigenvalue weighted by Gasteiger charge is -2.37. The summed E-state index contributed by atoms with van der Waals surface area (Å²) in [6.07, 6.45) is 7.99. The lowest BCUT2D eigenvalue weighted by atomic mass is 9.85. The summed E-state index contributed by atoms with van der Waals surface area (Å²) in [5.41, 5.74) is 0.782. The largest absolute Gasteiger partial charge is 0.310 e. The van der Waals surface area contributed by atoms with E-state index in [0.29, 0.717) is 11.0 Å². The van der Waals surface area contributed by atoms with Gasteiger partial charge in [-0.3, -0.25) is 0 Å². The monoisotopic (exact) mass is 268 g/mol. The highest BCUT2D eigenvalue weighted by Crippen LogP contribution is 2.27. The molecule has 0 radical (unpaired) electrons. The second-order valence-corrected chi connectivity index (χ2v) is 7.53. The van der Waals surface area contributed by atoms with Crippen molar-refractivity contribution < 1.29 is 0 Å². The first-order valence-corrected chi connectivity index (χ1v) is 8.38. The first-order valence-electron chi connectivity index (χ1n) is 8.38. The van der Waals surface area contributed by atoms with Crippen LogP contribution in [0.4, 0.5) is 0 Å². The van der Waals surface area contributed by atoms with Crippen molar-refractivity contribution >= 4 is 0 Å². The Morgan fingerprint density at radius 2 is 1.95 bits per heavy atom. The third-order valence-corrected chi connectivity index (χ3v) is 4.66. The van der Waals surface area contributed by atoms with Crippen LogP contribution in [0, 0.1) is 5.41 Å². The molecule has 0 saturated carbocycles. The molecule has 0 spiro atoms. The third-order valence-electron chi connectivity index (χ3n) is 4.66. The van der Waals surface area contributed by atoms with Gasteiger partial charge in [0.2, 0.25) is 0 Å². The summed E-state index contributed by atoms with van der Waals surface area (Å²) in [4.78, 5) is 2.70. The zero-order valence-electron chi connectivity index (χ0n) is 14.0. The van der Waals surface area contributed by atoms with E-state index in [-0.39, 0.29) is 0 Å². The van der Waals surface area contributed by atoms with Crippen LogP contribution in [0.1, 0.15) is 73.1 Å². The average molecular weight is 268 g/mol. The number of unbranched alkanes of at least 4 members (excludes halogenated alkanes) is 2. The minimum Gasteiger partial charge on any atom is -0.310 e. The van der Waals surface area contributed by atoms with Gasteiger partial charge in [-0.2, -0.15) is 0 Å². The molecule has 1 fully saturated rings. The van der Waals surface area contributed by atoms with Crippen molar-refractivity contribution in [1.82, 2.24) is 10.2 Å². The van der Waals surface area contributed by atoms with E-state index in [1.165, 1.54) is 64.7 Å². The van der Waals surface area contributed by atoms with Crippen LogP contribution in [0.2, 0.25) is 0 Å². The van der Waals surface area contributed by atoms with E-state index in [4.69, 9.17) is 0 Å². The quantitative estimate of drug-likeness (QED) is 0.701. The fourth-order valence-corrected chi connectivity index (χ4v) is 3.23. The Labute approximate surface area is 121 Å². The Morgan fingerprint density at radius 1 is 1.21 bits per heavy atom. The second-order valence-electron chi connectivity index (χ2n) is 7.53. The summed E-state index contributed by atoms with van der Waals surface area (Å²) >= 11 is 0. The van der Waals surface area contributed by atoms with Gasteiger partial charge in [0.25, 0.3) is 0 Å². The van der Waals surface area contributed by atoms with Crippen LogP contribution in [0.25, 0.3) is 0 Å². The molecule has 1 rings (SSSR count). The molecule has 0 bridgehead atoms. The molecule has 0 aromatic carbocycles. The van der Waals surface area contributed by atoms with Crippen LogP contribution in [-0.4, -0.2) is 36.6 Å². The van der Waals surface area contributed by atoms with E-state index in [1.807, 2.05) is 0 Å². The van der Waals surface area contributed by atoms with Gasteiger partial charge in [-0.1, -0.05) is 47.0 Å². The molecule has 1 aliphatic heterocycles. The summed E-state index contributed by atoms with van der Waals surface area (Å²) in [6.45, 7) is 16.8. The van der Waals surface area contributed by atoms with Gasteiger partial charge in [-0.05, 0) is 44.7 Å². The predicted octanol–water partition coefficient (Wildman–Crippen LogP) is 4.06. The number of hydrogen-bond acceptors (Lipinski definition) is 2. The molecule has 0 aromatic rings. The van der Waals surface area contributed by atoms with Gasteiger partial charge < -0.3 is 10.2 Å². The molecule has 2 heteroatoms. The minimum absolute atomic E-state index is 0.315. The van der Waals surface area contributed by atoms with Gasteiger partial charge in [0.05, 0.1) is 0 Å². The zero-order valence-corrected chi connectivity index (χ0v) is 14.0. The van der Waals surface area contributed by atoms with Crippen molar-refractivity contribution in [2.75, 3.05) is 26.2 Å².